The standard InChI is InChI=1S/C18H28N6O/c1-12(2)9-15(23-7-5-6-8-23)11-19-17(25)16-21-18-20-13(3)10-14(4)24(18)22-16/h10,12,15H,5-9,11H2,1-4H3,(H,19,25). The monoisotopic (exact) mass is 344 g/mol. The van der Waals surface area contributed by atoms with Crippen molar-refractivity contribution in [2.45, 2.75) is 53.0 Å². The van der Waals surface area contributed by atoms with Gasteiger partial charge in [-0.1, -0.05) is 13.8 Å². The molecule has 1 unspecified atom stereocenters. The van der Waals surface area contributed by atoms with E-state index in [9.17, 15) is 4.79 Å². The molecule has 2 aromatic heterocycles. The molecule has 0 aliphatic carbocycles. The smallest absolute Gasteiger partial charge is 0.291 e. The SMILES string of the molecule is Cc1cc(C)n2nc(C(=O)NCC(CC(C)C)N3CCCC3)nc2n1. The van der Waals surface area contributed by atoms with Gasteiger partial charge in [0.2, 0.25) is 5.82 Å². The average molecular weight is 344 g/mol. The maximum absolute atomic E-state index is 12.5. The molecule has 1 aliphatic rings. The topological polar surface area (TPSA) is 75.4 Å². The molecule has 3 rings (SSSR count). The van der Waals surface area contributed by atoms with Crippen LogP contribution in [0.1, 0.15) is 55.1 Å². The van der Waals surface area contributed by atoms with Crippen LogP contribution in [0.5, 0.6) is 0 Å². The third-order valence-corrected chi connectivity index (χ3v) is 4.72. The molecule has 7 heteroatoms. The molecule has 7 nitrogen and oxygen atoms in total. The molecule has 0 spiro atoms. The summed E-state index contributed by atoms with van der Waals surface area (Å²) < 4.78 is 1.62. The highest BCUT2D eigenvalue weighted by Gasteiger charge is 2.24. The number of aryl methyl sites for hydroxylation is 2. The molecular weight excluding hydrogens is 316 g/mol. The Balaban J connectivity index is 1.69. The zero-order valence-corrected chi connectivity index (χ0v) is 15.6. The second-order valence-corrected chi connectivity index (χ2v) is 7.42. The van der Waals surface area contributed by atoms with E-state index in [-0.39, 0.29) is 11.7 Å². The van der Waals surface area contributed by atoms with E-state index in [1.807, 2.05) is 19.9 Å². The Morgan fingerprint density at radius 2 is 1.96 bits per heavy atom. The van der Waals surface area contributed by atoms with Gasteiger partial charge in [0, 0.05) is 24.0 Å². The number of aromatic nitrogens is 4. The Morgan fingerprint density at radius 1 is 1.24 bits per heavy atom. The summed E-state index contributed by atoms with van der Waals surface area (Å²) in [5.41, 5.74) is 1.79. The lowest BCUT2D eigenvalue weighted by atomic mass is 10.0. The van der Waals surface area contributed by atoms with E-state index in [1.165, 1.54) is 12.8 Å². The highest BCUT2D eigenvalue weighted by molar-refractivity contribution is 5.90. The van der Waals surface area contributed by atoms with E-state index in [0.717, 1.165) is 30.9 Å². The van der Waals surface area contributed by atoms with Gasteiger partial charge in [0.1, 0.15) is 0 Å². The van der Waals surface area contributed by atoms with Gasteiger partial charge in [-0.25, -0.2) is 9.50 Å². The molecule has 0 bridgehead atoms. The summed E-state index contributed by atoms with van der Waals surface area (Å²) in [6, 6.07) is 2.31. The maximum Gasteiger partial charge on any atom is 0.291 e. The molecule has 1 fully saturated rings. The van der Waals surface area contributed by atoms with Crippen molar-refractivity contribution in [3.8, 4) is 0 Å². The van der Waals surface area contributed by atoms with E-state index in [0.29, 0.717) is 24.3 Å². The van der Waals surface area contributed by atoms with Gasteiger partial charge in [-0.2, -0.15) is 4.98 Å². The molecule has 1 aliphatic heterocycles. The number of carbonyl (C=O) groups is 1. The van der Waals surface area contributed by atoms with Crippen molar-refractivity contribution in [1.29, 1.82) is 0 Å². The van der Waals surface area contributed by atoms with Crippen LogP contribution in [0, 0.1) is 19.8 Å². The molecule has 0 saturated carbocycles. The van der Waals surface area contributed by atoms with Crippen LogP contribution in [0.3, 0.4) is 0 Å². The van der Waals surface area contributed by atoms with Crippen molar-refractivity contribution in [2.75, 3.05) is 19.6 Å². The van der Waals surface area contributed by atoms with Crippen molar-refractivity contribution < 1.29 is 4.79 Å². The molecule has 1 saturated heterocycles. The van der Waals surface area contributed by atoms with Crippen LogP contribution in [-0.2, 0) is 0 Å². The summed E-state index contributed by atoms with van der Waals surface area (Å²) in [5, 5.41) is 7.34. The molecule has 25 heavy (non-hydrogen) atoms. The fraction of sp³-hybridized carbons (Fsp3) is 0.667. The third-order valence-electron chi connectivity index (χ3n) is 4.72. The number of amides is 1. The van der Waals surface area contributed by atoms with Crippen LogP contribution in [-0.4, -0.2) is 56.1 Å². The Morgan fingerprint density at radius 3 is 2.64 bits per heavy atom. The summed E-state index contributed by atoms with van der Waals surface area (Å²) in [4.78, 5) is 23.6. The van der Waals surface area contributed by atoms with Crippen molar-refractivity contribution in [3.05, 3.63) is 23.3 Å². The molecule has 1 atom stereocenters. The minimum atomic E-state index is -0.226. The zero-order valence-electron chi connectivity index (χ0n) is 15.6. The predicted molar refractivity (Wildman–Crippen MR) is 96.6 cm³/mol. The first-order valence-electron chi connectivity index (χ1n) is 9.17. The normalized spacial score (nSPS) is 16.7. The predicted octanol–water partition coefficient (Wildman–Crippen LogP) is 1.98. The van der Waals surface area contributed by atoms with Gasteiger partial charge in [0.25, 0.3) is 11.7 Å². The van der Waals surface area contributed by atoms with Crippen LogP contribution < -0.4 is 5.32 Å². The Bertz CT molecular complexity index is 747. The number of hydrogen-bond donors (Lipinski definition) is 1. The number of carbonyl (C=O) groups excluding carboxylic acids is 1. The third kappa shape index (κ3) is 4.15. The van der Waals surface area contributed by atoms with Gasteiger partial charge in [0.05, 0.1) is 0 Å². The van der Waals surface area contributed by atoms with Gasteiger partial charge in [-0.15, -0.1) is 5.10 Å². The van der Waals surface area contributed by atoms with E-state index >= 15 is 0 Å². The molecular formula is C18H28N6O. The lowest BCUT2D eigenvalue weighted by Crippen LogP contribution is -2.43. The number of rotatable bonds is 6. The fourth-order valence-corrected chi connectivity index (χ4v) is 3.56. The molecule has 136 valence electrons. The molecule has 1 N–H and O–H groups in total. The van der Waals surface area contributed by atoms with Crippen LogP contribution in [0.2, 0.25) is 0 Å². The minimum Gasteiger partial charge on any atom is -0.348 e. The number of nitrogens with zero attached hydrogens (tertiary/aromatic N) is 5. The van der Waals surface area contributed by atoms with E-state index in [2.05, 4.69) is 39.1 Å². The lowest BCUT2D eigenvalue weighted by Gasteiger charge is -2.29. The highest BCUT2D eigenvalue weighted by atomic mass is 16.2. The van der Waals surface area contributed by atoms with Crippen molar-refractivity contribution >= 4 is 11.7 Å². The summed E-state index contributed by atoms with van der Waals surface area (Å²) in [6.45, 7) is 11.2. The molecule has 0 aromatic carbocycles. The van der Waals surface area contributed by atoms with Crippen LogP contribution in [0.4, 0.5) is 0 Å². The number of hydrogen-bond acceptors (Lipinski definition) is 5. The van der Waals surface area contributed by atoms with E-state index < -0.39 is 0 Å². The van der Waals surface area contributed by atoms with Crippen molar-refractivity contribution in [3.63, 3.8) is 0 Å². The Kier molecular flexibility index (Phi) is 5.32. The summed E-state index contributed by atoms with van der Waals surface area (Å²) in [7, 11) is 0. The Hall–Kier alpha value is -2.02. The molecule has 3 heterocycles. The first-order chi connectivity index (χ1) is 11.9. The average Bonchev–Trinajstić information content (AvgIpc) is 3.19. The van der Waals surface area contributed by atoms with Crippen LogP contribution in [0.25, 0.3) is 5.78 Å². The van der Waals surface area contributed by atoms with Crippen LogP contribution >= 0.6 is 0 Å². The summed E-state index contributed by atoms with van der Waals surface area (Å²) >= 11 is 0. The second-order valence-electron chi connectivity index (χ2n) is 7.42. The van der Waals surface area contributed by atoms with E-state index in [4.69, 9.17) is 0 Å². The van der Waals surface area contributed by atoms with Gasteiger partial charge >= 0.3 is 0 Å². The fourth-order valence-electron chi connectivity index (χ4n) is 3.56. The maximum atomic E-state index is 12.5. The largest absolute Gasteiger partial charge is 0.348 e. The number of fused-ring (bicyclic) bond motifs is 1. The molecule has 1 amide bonds. The summed E-state index contributed by atoms with van der Waals surface area (Å²) in [6.07, 6.45) is 3.58. The van der Waals surface area contributed by atoms with Crippen molar-refractivity contribution in [2.24, 2.45) is 5.92 Å². The zero-order chi connectivity index (χ0) is 18.0. The molecule has 0 radical (unpaired) electrons. The number of likely N-dealkylation sites (tertiary alicyclic amines) is 1. The number of nitrogens with one attached hydrogen (secondary N) is 1. The van der Waals surface area contributed by atoms with Gasteiger partial charge in [-0.3, -0.25) is 9.69 Å². The van der Waals surface area contributed by atoms with Gasteiger partial charge < -0.3 is 5.32 Å². The highest BCUT2D eigenvalue weighted by Crippen LogP contribution is 2.17. The first-order valence-corrected chi connectivity index (χ1v) is 9.17. The Labute approximate surface area is 148 Å². The minimum absolute atomic E-state index is 0.186. The quantitative estimate of drug-likeness (QED) is 0.867. The van der Waals surface area contributed by atoms with Crippen molar-refractivity contribution in [1.82, 2.24) is 29.8 Å². The first kappa shape index (κ1) is 17.8. The lowest BCUT2D eigenvalue weighted by molar-refractivity contribution is 0.0923. The summed E-state index contributed by atoms with van der Waals surface area (Å²) in [5.74, 6) is 1.04. The second kappa shape index (κ2) is 7.47. The molecule has 2 aromatic rings. The van der Waals surface area contributed by atoms with Gasteiger partial charge in [-0.05, 0) is 58.2 Å². The van der Waals surface area contributed by atoms with Gasteiger partial charge in [0.15, 0.2) is 0 Å². The van der Waals surface area contributed by atoms with Crippen LogP contribution in [0.15, 0.2) is 6.07 Å². The van der Waals surface area contributed by atoms with E-state index in [1.54, 1.807) is 4.52 Å².